The summed E-state index contributed by atoms with van der Waals surface area (Å²) in [7, 11) is 0. The van der Waals surface area contributed by atoms with Gasteiger partial charge in [-0.15, -0.1) is 24.0 Å². The molecule has 2 aromatic heterocycles. The number of halogens is 1. The number of nitrogens with one attached hydrogen (secondary N) is 2. The van der Waals surface area contributed by atoms with Gasteiger partial charge < -0.3 is 10.6 Å². The summed E-state index contributed by atoms with van der Waals surface area (Å²) in [4.78, 5) is 8.82. The third-order valence-corrected chi connectivity index (χ3v) is 3.09. The first-order chi connectivity index (χ1) is 10.8. The van der Waals surface area contributed by atoms with Crippen LogP contribution in [0.15, 0.2) is 41.8 Å². The Kier molecular flexibility index (Phi) is 9.27. The summed E-state index contributed by atoms with van der Waals surface area (Å²) in [6.45, 7) is 7.29. The Morgan fingerprint density at radius 3 is 2.83 bits per heavy atom. The normalized spacial score (nSPS) is 11.0. The number of pyridine rings is 1. The molecule has 0 aliphatic heterocycles. The third kappa shape index (κ3) is 7.45. The number of nitrogens with zero attached hydrogens (tertiary/aromatic N) is 4. The molecular weight excluding hydrogens is 403 g/mol. The number of guanidine groups is 1. The van der Waals surface area contributed by atoms with Gasteiger partial charge in [-0.1, -0.05) is 6.07 Å². The Hall–Kier alpha value is -1.64. The Labute approximate surface area is 154 Å². The minimum Gasteiger partial charge on any atom is -0.357 e. The van der Waals surface area contributed by atoms with E-state index in [1.807, 2.05) is 29.1 Å². The topological polar surface area (TPSA) is 67.1 Å². The lowest BCUT2D eigenvalue weighted by Gasteiger charge is -2.11. The standard InChI is InChI=1S/C16H24N6.HI/c1-3-17-16(20-12-15-7-4-5-8-18-15)19-9-6-10-22-13-14(2)11-21-22;/h4-5,7-8,11,13H,3,6,9-10,12H2,1-2H3,(H2,17,19,20);1H. The zero-order valence-corrected chi connectivity index (χ0v) is 16.0. The lowest BCUT2D eigenvalue weighted by Crippen LogP contribution is -2.38. The van der Waals surface area contributed by atoms with E-state index in [-0.39, 0.29) is 24.0 Å². The largest absolute Gasteiger partial charge is 0.357 e. The molecule has 0 amide bonds. The van der Waals surface area contributed by atoms with Gasteiger partial charge in [0.15, 0.2) is 5.96 Å². The molecule has 0 aliphatic carbocycles. The highest BCUT2D eigenvalue weighted by molar-refractivity contribution is 14.0. The molecule has 0 fully saturated rings. The van der Waals surface area contributed by atoms with Crippen LogP contribution in [0.4, 0.5) is 0 Å². The summed E-state index contributed by atoms with van der Waals surface area (Å²) in [5.41, 5.74) is 2.16. The summed E-state index contributed by atoms with van der Waals surface area (Å²) >= 11 is 0. The molecule has 0 saturated carbocycles. The van der Waals surface area contributed by atoms with Crippen LogP contribution in [0.3, 0.4) is 0 Å². The van der Waals surface area contributed by atoms with Crippen molar-refractivity contribution < 1.29 is 0 Å². The SMILES string of the molecule is CCNC(=NCc1ccccn1)NCCCn1cc(C)cn1.I. The molecule has 2 heterocycles. The molecule has 0 radical (unpaired) electrons. The highest BCUT2D eigenvalue weighted by atomic mass is 127. The summed E-state index contributed by atoms with van der Waals surface area (Å²) in [5.74, 6) is 0.824. The highest BCUT2D eigenvalue weighted by Gasteiger charge is 1.99. The molecule has 2 aromatic rings. The zero-order valence-electron chi connectivity index (χ0n) is 13.7. The Morgan fingerprint density at radius 2 is 2.17 bits per heavy atom. The smallest absolute Gasteiger partial charge is 0.191 e. The molecule has 0 unspecified atom stereocenters. The van der Waals surface area contributed by atoms with E-state index >= 15 is 0 Å². The molecule has 23 heavy (non-hydrogen) atoms. The van der Waals surface area contributed by atoms with Gasteiger partial charge in [0, 0.05) is 32.0 Å². The second-order valence-electron chi connectivity index (χ2n) is 5.08. The Morgan fingerprint density at radius 1 is 1.30 bits per heavy atom. The third-order valence-electron chi connectivity index (χ3n) is 3.09. The van der Waals surface area contributed by atoms with Gasteiger partial charge in [0.2, 0.25) is 0 Å². The van der Waals surface area contributed by atoms with Gasteiger partial charge in [-0.05, 0) is 38.0 Å². The van der Waals surface area contributed by atoms with Crippen LogP contribution in [0.2, 0.25) is 0 Å². The number of aromatic nitrogens is 3. The molecule has 2 N–H and O–H groups in total. The number of aliphatic imine (C=N–C) groups is 1. The van der Waals surface area contributed by atoms with Crippen LogP contribution < -0.4 is 10.6 Å². The Balaban J connectivity index is 0.00000264. The number of hydrogen-bond donors (Lipinski definition) is 2. The maximum absolute atomic E-state index is 4.54. The van der Waals surface area contributed by atoms with E-state index in [0.29, 0.717) is 6.54 Å². The van der Waals surface area contributed by atoms with Crippen molar-refractivity contribution in [3.05, 3.63) is 48.0 Å². The van der Waals surface area contributed by atoms with E-state index in [1.165, 1.54) is 5.56 Å². The van der Waals surface area contributed by atoms with Gasteiger partial charge in [0.1, 0.15) is 0 Å². The van der Waals surface area contributed by atoms with Crippen molar-refractivity contribution >= 4 is 29.9 Å². The van der Waals surface area contributed by atoms with Crippen LogP contribution in [0, 0.1) is 6.92 Å². The van der Waals surface area contributed by atoms with Crippen molar-refractivity contribution in [2.75, 3.05) is 13.1 Å². The fourth-order valence-electron chi connectivity index (χ4n) is 2.03. The second-order valence-corrected chi connectivity index (χ2v) is 5.08. The second kappa shape index (κ2) is 11.0. The molecule has 2 rings (SSSR count). The predicted octanol–water partition coefficient (Wildman–Crippen LogP) is 2.35. The minimum atomic E-state index is 0. The summed E-state index contributed by atoms with van der Waals surface area (Å²) in [5, 5.41) is 10.9. The predicted molar refractivity (Wildman–Crippen MR) is 104 cm³/mol. The van der Waals surface area contributed by atoms with E-state index in [9.17, 15) is 0 Å². The first-order valence-electron chi connectivity index (χ1n) is 7.69. The summed E-state index contributed by atoms with van der Waals surface area (Å²) in [6, 6.07) is 5.87. The molecule has 0 aromatic carbocycles. The van der Waals surface area contributed by atoms with Crippen molar-refractivity contribution in [2.45, 2.75) is 33.4 Å². The highest BCUT2D eigenvalue weighted by Crippen LogP contribution is 1.96. The fraction of sp³-hybridized carbons (Fsp3) is 0.438. The van der Waals surface area contributed by atoms with Gasteiger partial charge >= 0.3 is 0 Å². The first-order valence-corrected chi connectivity index (χ1v) is 7.69. The van der Waals surface area contributed by atoms with Gasteiger partial charge in [-0.25, -0.2) is 4.99 Å². The van der Waals surface area contributed by atoms with Crippen molar-refractivity contribution in [2.24, 2.45) is 4.99 Å². The quantitative estimate of drug-likeness (QED) is 0.308. The van der Waals surface area contributed by atoms with Crippen LogP contribution in [-0.4, -0.2) is 33.8 Å². The fourth-order valence-corrected chi connectivity index (χ4v) is 2.03. The van der Waals surface area contributed by atoms with Crippen LogP contribution in [0.5, 0.6) is 0 Å². The molecular formula is C16H25IN6. The maximum atomic E-state index is 4.54. The molecule has 0 saturated heterocycles. The van der Waals surface area contributed by atoms with E-state index in [1.54, 1.807) is 6.20 Å². The van der Waals surface area contributed by atoms with E-state index in [2.05, 4.69) is 45.8 Å². The van der Waals surface area contributed by atoms with Crippen LogP contribution in [-0.2, 0) is 13.1 Å². The van der Waals surface area contributed by atoms with Gasteiger partial charge in [-0.2, -0.15) is 5.10 Å². The average Bonchev–Trinajstić information content (AvgIpc) is 2.95. The Bertz CT molecular complexity index is 581. The molecule has 6 nitrogen and oxygen atoms in total. The molecule has 126 valence electrons. The van der Waals surface area contributed by atoms with Crippen molar-refractivity contribution in [1.82, 2.24) is 25.4 Å². The summed E-state index contributed by atoms with van der Waals surface area (Å²) < 4.78 is 1.97. The van der Waals surface area contributed by atoms with Gasteiger partial charge in [0.05, 0.1) is 18.4 Å². The van der Waals surface area contributed by atoms with Crippen molar-refractivity contribution in [3.8, 4) is 0 Å². The molecule has 0 atom stereocenters. The number of rotatable bonds is 7. The molecule has 0 bridgehead atoms. The maximum Gasteiger partial charge on any atom is 0.191 e. The van der Waals surface area contributed by atoms with Gasteiger partial charge in [-0.3, -0.25) is 9.67 Å². The van der Waals surface area contributed by atoms with E-state index in [4.69, 9.17) is 0 Å². The molecule has 7 heteroatoms. The van der Waals surface area contributed by atoms with Crippen molar-refractivity contribution in [1.29, 1.82) is 0 Å². The van der Waals surface area contributed by atoms with E-state index < -0.39 is 0 Å². The molecule has 0 aliphatic rings. The zero-order chi connectivity index (χ0) is 15.6. The average molecular weight is 428 g/mol. The van der Waals surface area contributed by atoms with Crippen LogP contribution in [0.1, 0.15) is 24.6 Å². The lowest BCUT2D eigenvalue weighted by atomic mass is 10.3. The van der Waals surface area contributed by atoms with Crippen LogP contribution >= 0.6 is 24.0 Å². The lowest BCUT2D eigenvalue weighted by molar-refractivity contribution is 0.570. The molecule has 0 spiro atoms. The minimum absolute atomic E-state index is 0. The van der Waals surface area contributed by atoms with E-state index in [0.717, 1.165) is 37.7 Å². The number of hydrogen-bond acceptors (Lipinski definition) is 3. The first kappa shape index (κ1) is 19.4. The monoisotopic (exact) mass is 428 g/mol. The summed E-state index contributed by atoms with van der Waals surface area (Å²) in [6.07, 6.45) is 6.72. The van der Waals surface area contributed by atoms with Crippen molar-refractivity contribution in [3.63, 3.8) is 0 Å². The number of aryl methyl sites for hydroxylation is 2. The van der Waals surface area contributed by atoms with Crippen LogP contribution in [0.25, 0.3) is 0 Å². The van der Waals surface area contributed by atoms with Gasteiger partial charge in [0.25, 0.3) is 0 Å².